The number of morpholine rings is 1. The summed E-state index contributed by atoms with van der Waals surface area (Å²) in [6, 6.07) is 28.2. The number of nitrogens with zero attached hydrogens (tertiary/aromatic N) is 4. The molecule has 0 saturated carbocycles. The Hall–Kier alpha value is -4.60. The lowest BCUT2D eigenvalue weighted by Gasteiger charge is -2.25. The number of ether oxygens (including phenoxy) is 1. The largest absolute Gasteiger partial charge is 0.379 e. The average Bonchev–Trinajstić information content (AvgIpc) is 3.34. The summed E-state index contributed by atoms with van der Waals surface area (Å²) in [7, 11) is 0. The highest BCUT2D eigenvalue weighted by Crippen LogP contribution is 2.35. The van der Waals surface area contributed by atoms with Gasteiger partial charge in [0.05, 0.1) is 42.3 Å². The minimum absolute atomic E-state index is 0.0215. The summed E-state index contributed by atoms with van der Waals surface area (Å²) in [5.74, 6) is -0.192. The first-order chi connectivity index (χ1) is 18.6. The standard InChI is InChI=1S/C29H27N5O4/c35-28(21-32-15-17-38-18-16-32)31-30-20-24-19-27(22-7-3-1-4-8-22)33(29(24)23-9-5-2-6-10-23)25-11-13-26(14-12-25)34(36)37/h1-14,19-20H,15-18,21H2,(H,31,35)/b30-20-. The number of nitro groups is 1. The molecule has 4 aromatic rings. The summed E-state index contributed by atoms with van der Waals surface area (Å²) in [5.41, 5.74) is 7.88. The van der Waals surface area contributed by atoms with Crippen molar-refractivity contribution in [2.24, 2.45) is 5.10 Å². The molecule has 192 valence electrons. The van der Waals surface area contributed by atoms with Gasteiger partial charge in [0, 0.05) is 36.5 Å². The predicted molar refractivity (Wildman–Crippen MR) is 146 cm³/mol. The van der Waals surface area contributed by atoms with E-state index < -0.39 is 4.92 Å². The predicted octanol–water partition coefficient (Wildman–Crippen LogP) is 4.50. The van der Waals surface area contributed by atoms with Crippen molar-refractivity contribution in [3.8, 4) is 28.2 Å². The first-order valence-electron chi connectivity index (χ1n) is 12.3. The summed E-state index contributed by atoms with van der Waals surface area (Å²) in [5, 5.41) is 15.6. The van der Waals surface area contributed by atoms with Crippen molar-refractivity contribution >= 4 is 17.8 Å². The molecule has 1 amide bonds. The molecule has 1 aromatic heterocycles. The van der Waals surface area contributed by atoms with E-state index in [0.717, 1.165) is 33.8 Å². The number of nitro benzene ring substituents is 1. The zero-order valence-corrected chi connectivity index (χ0v) is 20.7. The van der Waals surface area contributed by atoms with Crippen LogP contribution in [-0.2, 0) is 9.53 Å². The van der Waals surface area contributed by atoms with Gasteiger partial charge in [0.15, 0.2) is 0 Å². The summed E-state index contributed by atoms with van der Waals surface area (Å²) >= 11 is 0. The third-order valence-corrected chi connectivity index (χ3v) is 6.33. The molecule has 0 unspecified atom stereocenters. The summed E-state index contributed by atoms with van der Waals surface area (Å²) in [6.45, 7) is 2.93. The minimum Gasteiger partial charge on any atom is -0.379 e. The third kappa shape index (κ3) is 5.69. The van der Waals surface area contributed by atoms with Crippen LogP contribution in [0.15, 0.2) is 96.1 Å². The van der Waals surface area contributed by atoms with Crippen LogP contribution in [0.2, 0.25) is 0 Å². The van der Waals surface area contributed by atoms with E-state index in [1.54, 1.807) is 18.3 Å². The molecule has 0 bridgehead atoms. The van der Waals surface area contributed by atoms with Crippen molar-refractivity contribution < 1.29 is 14.5 Å². The Morgan fingerprint density at radius 3 is 2.21 bits per heavy atom. The summed E-state index contributed by atoms with van der Waals surface area (Å²) in [4.78, 5) is 25.4. The maximum atomic E-state index is 12.5. The summed E-state index contributed by atoms with van der Waals surface area (Å²) < 4.78 is 7.40. The van der Waals surface area contributed by atoms with Crippen LogP contribution in [-0.4, -0.2) is 59.4 Å². The molecule has 0 aliphatic carbocycles. The monoisotopic (exact) mass is 509 g/mol. The topological polar surface area (TPSA) is 102 Å². The first-order valence-corrected chi connectivity index (χ1v) is 12.3. The quantitative estimate of drug-likeness (QED) is 0.214. The number of non-ortho nitro benzene ring substituents is 1. The fourth-order valence-corrected chi connectivity index (χ4v) is 4.50. The molecule has 1 fully saturated rings. The Morgan fingerprint density at radius 2 is 1.58 bits per heavy atom. The highest BCUT2D eigenvalue weighted by molar-refractivity contribution is 5.94. The normalized spacial score (nSPS) is 14.0. The van der Waals surface area contributed by atoms with Gasteiger partial charge in [0.2, 0.25) is 0 Å². The van der Waals surface area contributed by atoms with E-state index in [4.69, 9.17) is 4.74 Å². The number of rotatable bonds is 8. The molecule has 5 rings (SSSR count). The molecule has 2 heterocycles. The lowest BCUT2D eigenvalue weighted by Crippen LogP contribution is -2.42. The van der Waals surface area contributed by atoms with E-state index in [1.807, 2.05) is 71.6 Å². The van der Waals surface area contributed by atoms with Gasteiger partial charge in [0.25, 0.3) is 11.6 Å². The number of aromatic nitrogens is 1. The molecule has 1 saturated heterocycles. The van der Waals surface area contributed by atoms with Crippen LogP contribution < -0.4 is 5.43 Å². The van der Waals surface area contributed by atoms with E-state index in [1.165, 1.54) is 12.1 Å². The SMILES string of the molecule is O=C(CN1CCOCC1)N/N=C\c1cc(-c2ccccc2)n(-c2ccc([N+](=O)[O-])cc2)c1-c1ccccc1. The van der Waals surface area contributed by atoms with Crippen LogP contribution in [0.4, 0.5) is 5.69 Å². The van der Waals surface area contributed by atoms with Crippen molar-refractivity contribution in [2.45, 2.75) is 0 Å². The molecule has 0 atom stereocenters. The number of hydrazone groups is 1. The number of hydrogen-bond acceptors (Lipinski definition) is 6. The molecule has 1 N–H and O–H groups in total. The highest BCUT2D eigenvalue weighted by Gasteiger charge is 2.20. The van der Waals surface area contributed by atoms with Gasteiger partial charge in [-0.3, -0.25) is 19.8 Å². The van der Waals surface area contributed by atoms with Crippen LogP contribution in [0.1, 0.15) is 5.56 Å². The van der Waals surface area contributed by atoms with Crippen LogP contribution in [0.25, 0.3) is 28.2 Å². The van der Waals surface area contributed by atoms with Gasteiger partial charge in [-0.2, -0.15) is 5.10 Å². The van der Waals surface area contributed by atoms with Gasteiger partial charge in [-0.05, 0) is 29.3 Å². The number of benzene rings is 3. The van der Waals surface area contributed by atoms with E-state index in [0.29, 0.717) is 26.3 Å². The zero-order valence-electron chi connectivity index (χ0n) is 20.7. The number of hydrogen-bond donors (Lipinski definition) is 1. The number of nitrogens with one attached hydrogen (secondary N) is 1. The van der Waals surface area contributed by atoms with Crippen molar-refractivity contribution in [1.82, 2.24) is 14.9 Å². The van der Waals surface area contributed by atoms with Gasteiger partial charge < -0.3 is 9.30 Å². The smallest absolute Gasteiger partial charge is 0.269 e. The minimum atomic E-state index is -0.409. The lowest BCUT2D eigenvalue weighted by atomic mass is 10.1. The number of carbonyl (C=O) groups is 1. The Bertz CT molecular complexity index is 1430. The Balaban J connectivity index is 1.56. The molecule has 0 spiro atoms. The molecule has 38 heavy (non-hydrogen) atoms. The molecular weight excluding hydrogens is 482 g/mol. The van der Waals surface area contributed by atoms with Crippen LogP contribution in [0.3, 0.4) is 0 Å². The Labute approximate surface area is 220 Å². The van der Waals surface area contributed by atoms with Crippen molar-refractivity contribution in [1.29, 1.82) is 0 Å². The number of amides is 1. The van der Waals surface area contributed by atoms with Gasteiger partial charge in [-0.1, -0.05) is 60.7 Å². The zero-order chi connectivity index (χ0) is 26.3. The second-order valence-electron chi connectivity index (χ2n) is 8.86. The van der Waals surface area contributed by atoms with E-state index in [9.17, 15) is 14.9 Å². The van der Waals surface area contributed by atoms with Crippen LogP contribution in [0, 0.1) is 10.1 Å². The summed E-state index contributed by atoms with van der Waals surface area (Å²) in [6.07, 6.45) is 1.65. The molecule has 3 aromatic carbocycles. The van der Waals surface area contributed by atoms with Gasteiger partial charge >= 0.3 is 0 Å². The third-order valence-electron chi connectivity index (χ3n) is 6.33. The van der Waals surface area contributed by atoms with Gasteiger partial charge in [-0.15, -0.1) is 0 Å². The molecular formula is C29H27N5O4. The average molecular weight is 510 g/mol. The maximum Gasteiger partial charge on any atom is 0.269 e. The maximum absolute atomic E-state index is 12.5. The molecule has 1 aliphatic heterocycles. The lowest BCUT2D eigenvalue weighted by molar-refractivity contribution is -0.384. The Morgan fingerprint density at radius 1 is 0.947 bits per heavy atom. The van der Waals surface area contributed by atoms with Crippen LogP contribution >= 0.6 is 0 Å². The molecule has 9 nitrogen and oxygen atoms in total. The van der Waals surface area contributed by atoms with Crippen molar-refractivity contribution in [3.63, 3.8) is 0 Å². The van der Waals surface area contributed by atoms with E-state index in [2.05, 4.69) is 15.1 Å². The highest BCUT2D eigenvalue weighted by atomic mass is 16.6. The van der Waals surface area contributed by atoms with Gasteiger partial charge in [0.1, 0.15) is 0 Å². The first kappa shape index (κ1) is 25.1. The molecule has 1 aliphatic rings. The van der Waals surface area contributed by atoms with Gasteiger partial charge in [-0.25, -0.2) is 5.43 Å². The van der Waals surface area contributed by atoms with E-state index in [-0.39, 0.29) is 18.1 Å². The second kappa shape index (κ2) is 11.6. The van der Waals surface area contributed by atoms with Crippen molar-refractivity contribution in [2.75, 3.05) is 32.8 Å². The van der Waals surface area contributed by atoms with E-state index >= 15 is 0 Å². The second-order valence-corrected chi connectivity index (χ2v) is 8.86. The fraction of sp³-hybridized carbons (Fsp3) is 0.172. The Kier molecular flexibility index (Phi) is 7.67. The fourth-order valence-electron chi connectivity index (χ4n) is 4.50. The van der Waals surface area contributed by atoms with Crippen LogP contribution in [0.5, 0.6) is 0 Å². The molecule has 0 radical (unpaired) electrons. The van der Waals surface area contributed by atoms with Crippen molar-refractivity contribution in [3.05, 3.63) is 107 Å². The molecule has 9 heteroatoms. The number of carbonyl (C=O) groups excluding carboxylic acids is 1.